The Labute approximate surface area is 129 Å². The topological polar surface area (TPSA) is 76.1 Å². The van der Waals surface area contributed by atoms with Crippen LogP contribution in [0.4, 0.5) is 17.3 Å². The van der Waals surface area contributed by atoms with Crippen LogP contribution in [0.1, 0.15) is 26.7 Å². The molecule has 0 radical (unpaired) electrons. The number of hydrogen-bond acceptors (Lipinski definition) is 5. The smallest absolute Gasteiger partial charge is 0.225 e. The van der Waals surface area contributed by atoms with E-state index in [1.807, 2.05) is 38.1 Å². The van der Waals surface area contributed by atoms with Crippen molar-refractivity contribution in [1.82, 2.24) is 10.2 Å². The van der Waals surface area contributed by atoms with Gasteiger partial charge in [0.1, 0.15) is 5.75 Å². The molecule has 0 fully saturated rings. The number of carbonyl (C=O) groups is 1. The van der Waals surface area contributed by atoms with E-state index in [0.29, 0.717) is 24.7 Å². The highest BCUT2D eigenvalue weighted by molar-refractivity contribution is 5.89. The van der Waals surface area contributed by atoms with Crippen molar-refractivity contribution in [3.63, 3.8) is 0 Å². The molecule has 1 amide bonds. The van der Waals surface area contributed by atoms with Gasteiger partial charge in [-0.3, -0.25) is 4.79 Å². The van der Waals surface area contributed by atoms with E-state index in [0.717, 1.165) is 17.9 Å². The van der Waals surface area contributed by atoms with Crippen LogP contribution in [0.15, 0.2) is 36.4 Å². The van der Waals surface area contributed by atoms with Crippen molar-refractivity contribution in [2.45, 2.75) is 26.7 Å². The Bertz CT molecular complexity index is 597. The molecule has 22 heavy (non-hydrogen) atoms. The molecule has 6 heteroatoms. The van der Waals surface area contributed by atoms with E-state index in [-0.39, 0.29) is 5.91 Å². The molecule has 0 aliphatic rings. The maximum Gasteiger partial charge on any atom is 0.225 e. The molecule has 0 saturated heterocycles. The molecule has 1 heterocycles. The SMILES string of the molecule is CCCC(=O)Nc1ccc(Nc2ccc(OCC)cc2)nn1. The van der Waals surface area contributed by atoms with Crippen LogP contribution in [-0.4, -0.2) is 22.7 Å². The highest BCUT2D eigenvalue weighted by Crippen LogP contribution is 2.19. The first-order valence-electron chi connectivity index (χ1n) is 7.34. The maximum absolute atomic E-state index is 11.5. The average molecular weight is 300 g/mol. The molecule has 2 N–H and O–H groups in total. The van der Waals surface area contributed by atoms with Crippen molar-refractivity contribution in [2.24, 2.45) is 0 Å². The molecule has 0 atom stereocenters. The van der Waals surface area contributed by atoms with Crippen molar-refractivity contribution in [3.8, 4) is 5.75 Å². The molecular formula is C16H20N4O2. The van der Waals surface area contributed by atoms with E-state index in [2.05, 4.69) is 20.8 Å². The van der Waals surface area contributed by atoms with Gasteiger partial charge in [0.05, 0.1) is 6.61 Å². The third kappa shape index (κ3) is 4.73. The number of aromatic nitrogens is 2. The highest BCUT2D eigenvalue weighted by Gasteiger charge is 2.03. The molecule has 1 aromatic carbocycles. The van der Waals surface area contributed by atoms with Crippen molar-refractivity contribution in [3.05, 3.63) is 36.4 Å². The van der Waals surface area contributed by atoms with Gasteiger partial charge >= 0.3 is 0 Å². The van der Waals surface area contributed by atoms with E-state index >= 15 is 0 Å². The van der Waals surface area contributed by atoms with Crippen LogP contribution in [0, 0.1) is 0 Å². The number of carbonyl (C=O) groups excluding carboxylic acids is 1. The fraction of sp³-hybridized carbons (Fsp3) is 0.312. The lowest BCUT2D eigenvalue weighted by atomic mass is 10.3. The molecule has 116 valence electrons. The first-order chi connectivity index (χ1) is 10.7. The summed E-state index contributed by atoms with van der Waals surface area (Å²) >= 11 is 0. The third-order valence-electron chi connectivity index (χ3n) is 2.85. The standard InChI is InChI=1S/C16H20N4O2/c1-3-5-16(21)18-15-11-10-14(19-20-15)17-12-6-8-13(9-7-12)22-4-2/h6-11H,3-5H2,1-2H3,(H,17,19)(H,18,20,21). The van der Waals surface area contributed by atoms with Gasteiger partial charge in [0.2, 0.25) is 5.91 Å². The minimum absolute atomic E-state index is 0.0518. The first kappa shape index (κ1) is 15.8. The number of rotatable bonds is 7. The summed E-state index contributed by atoms with van der Waals surface area (Å²) in [5, 5.41) is 13.8. The zero-order valence-corrected chi connectivity index (χ0v) is 12.8. The largest absolute Gasteiger partial charge is 0.494 e. The van der Waals surface area contributed by atoms with Crippen LogP contribution in [0.2, 0.25) is 0 Å². The number of benzene rings is 1. The third-order valence-corrected chi connectivity index (χ3v) is 2.85. The van der Waals surface area contributed by atoms with Crippen LogP contribution < -0.4 is 15.4 Å². The summed E-state index contributed by atoms with van der Waals surface area (Å²) in [4.78, 5) is 11.5. The van der Waals surface area contributed by atoms with E-state index < -0.39 is 0 Å². The van der Waals surface area contributed by atoms with E-state index in [1.54, 1.807) is 12.1 Å². The van der Waals surface area contributed by atoms with Crippen molar-refractivity contribution in [2.75, 3.05) is 17.2 Å². The summed E-state index contributed by atoms with van der Waals surface area (Å²) < 4.78 is 5.39. The summed E-state index contributed by atoms with van der Waals surface area (Å²) in [5.41, 5.74) is 0.889. The predicted octanol–water partition coefficient (Wildman–Crippen LogP) is 3.36. The van der Waals surface area contributed by atoms with Gasteiger partial charge in [0.25, 0.3) is 0 Å². The highest BCUT2D eigenvalue weighted by atomic mass is 16.5. The maximum atomic E-state index is 11.5. The van der Waals surface area contributed by atoms with Crippen LogP contribution >= 0.6 is 0 Å². The predicted molar refractivity (Wildman–Crippen MR) is 86.5 cm³/mol. The fourth-order valence-electron chi connectivity index (χ4n) is 1.85. The first-order valence-corrected chi connectivity index (χ1v) is 7.34. The van der Waals surface area contributed by atoms with Crippen molar-refractivity contribution >= 4 is 23.2 Å². The van der Waals surface area contributed by atoms with Gasteiger partial charge in [-0.05, 0) is 49.7 Å². The summed E-state index contributed by atoms with van der Waals surface area (Å²) in [6.45, 7) is 4.54. The molecule has 6 nitrogen and oxygen atoms in total. The molecule has 1 aromatic heterocycles. The van der Waals surface area contributed by atoms with Gasteiger partial charge in [-0.25, -0.2) is 0 Å². The number of ether oxygens (including phenoxy) is 1. The summed E-state index contributed by atoms with van der Waals surface area (Å²) in [6, 6.07) is 11.1. The average Bonchev–Trinajstić information content (AvgIpc) is 2.52. The van der Waals surface area contributed by atoms with Gasteiger partial charge in [-0.2, -0.15) is 0 Å². The minimum Gasteiger partial charge on any atom is -0.494 e. The molecule has 0 bridgehead atoms. The van der Waals surface area contributed by atoms with E-state index in [4.69, 9.17) is 4.74 Å². The van der Waals surface area contributed by atoms with Crippen molar-refractivity contribution in [1.29, 1.82) is 0 Å². The second-order valence-electron chi connectivity index (χ2n) is 4.68. The van der Waals surface area contributed by atoms with Crippen LogP contribution in [0.3, 0.4) is 0 Å². The minimum atomic E-state index is -0.0518. The molecular weight excluding hydrogens is 280 g/mol. The Morgan fingerprint density at radius 1 is 1.05 bits per heavy atom. The second-order valence-corrected chi connectivity index (χ2v) is 4.68. The Morgan fingerprint density at radius 3 is 2.32 bits per heavy atom. The molecule has 0 unspecified atom stereocenters. The lowest BCUT2D eigenvalue weighted by molar-refractivity contribution is -0.116. The molecule has 0 saturated carbocycles. The van der Waals surface area contributed by atoms with Gasteiger partial charge in [0.15, 0.2) is 11.6 Å². The van der Waals surface area contributed by atoms with Crippen LogP contribution in [0.25, 0.3) is 0 Å². The van der Waals surface area contributed by atoms with E-state index in [9.17, 15) is 4.79 Å². The Kier molecular flexibility index (Phi) is 5.71. The zero-order chi connectivity index (χ0) is 15.8. The number of amides is 1. The molecule has 2 aromatic rings. The molecule has 0 spiro atoms. The van der Waals surface area contributed by atoms with Gasteiger partial charge in [-0.1, -0.05) is 6.92 Å². The monoisotopic (exact) mass is 300 g/mol. The number of hydrogen-bond donors (Lipinski definition) is 2. The molecule has 0 aliphatic carbocycles. The van der Waals surface area contributed by atoms with Gasteiger partial charge < -0.3 is 15.4 Å². The van der Waals surface area contributed by atoms with Gasteiger partial charge in [0, 0.05) is 12.1 Å². The van der Waals surface area contributed by atoms with E-state index in [1.165, 1.54) is 0 Å². The summed E-state index contributed by atoms with van der Waals surface area (Å²) in [6.07, 6.45) is 1.28. The number of anilines is 3. The quantitative estimate of drug-likeness (QED) is 0.820. The Morgan fingerprint density at radius 2 is 1.73 bits per heavy atom. The number of nitrogens with one attached hydrogen (secondary N) is 2. The Balaban J connectivity index is 1.94. The molecule has 0 aliphatic heterocycles. The fourth-order valence-corrected chi connectivity index (χ4v) is 1.85. The summed E-state index contributed by atoms with van der Waals surface area (Å²) in [5.74, 6) is 1.84. The normalized spacial score (nSPS) is 10.1. The lowest BCUT2D eigenvalue weighted by Crippen LogP contribution is -2.12. The van der Waals surface area contributed by atoms with Gasteiger partial charge in [-0.15, -0.1) is 10.2 Å². The van der Waals surface area contributed by atoms with Crippen LogP contribution in [0.5, 0.6) is 5.75 Å². The second kappa shape index (κ2) is 7.97. The summed E-state index contributed by atoms with van der Waals surface area (Å²) in [7, 11) is 0. The van der Waals surface area contributed by atoms with Crippen molar-refractivity contribution < 1.29 is 9.53 Å². The number of nitrogens with zero attached hydrogens (tertiary/aromatic N) is 2. The Hall–Kier alpha value is -2.63. The van der Waals surface area contributed by atoms with Crippen LogP contribution in [-0.2, 0) is 4.79 Å². The lowest BCUT2D eigenvalue weighted by Gasteiger charge is -2.08. The molecule has 2 rings (SSSR count). The zero-order valence-electron chi connectivity index (χ0n) is 12.8.